The van der Waals surface area contributed by atoms with Crippen LogP contribution in [0.2, 0.25) is 0 Å². The number of thiol groups is 1. The third-order valence-electron chi connectivity index (χ3n) is 0.906. The van der Waals surface area contributed by atoms with Crippen LogP contribution in [0.4, 0.5) is 0 Å². The maximum atomic E-state index is 8.40. The molecule has 3 heteroatoms. The van der Waals surface area contributed by atoms with Gasteiger partial charge in [0.2, 0.25) is 0 Å². The normalized spacial score (nSPS) is 13.9. The molecular formula is C5H12O2S. The van der Waals surface area contributed by atoms with Crippen LogP contribution in [-0.4, -0.2) is 28.7 Å². The molecule has 0 amide bonds. The minimum atomic E-state index is 0.0437. The zero-order valence-corrected chi connectivity index (χ0v) is 5.64. The first-order chi connectivity index (χ1) is 3.81. The number of aliphatic hydroxyl groups is 2. The zero-order chi connectivity index (χ0) is 6.41. The third-order valence-corrected chi connectivity index (χ3v) is 1.33. The van der Waals surface area contributed by atoms with E-state index in [1.54, 1.807) is 0 Å². The van der Waals surface area contributed by atoms with Gasteiger partial charge < -0.3 is 10.2 Å². The van der Waals surface area contributed by atoms with E-state index in [-0.39, 0.29) is 18.5 Å². The van der Waals surface area contributed by atoms with Crippen molar-refractivity contribution in [1.82, 2.24) is 0 Å². The summed E-state index contributed by atoms with van der Waals surface area (Å²) in [4.78, 5) is 0. The van der Waals surface area contributed by atoms with Crippen LogP contribution in [0.3, 0.4) is 0 Å². The van der Waals surface area contributed by atoms with Crippen molar-refractivity contribution in [3.8, 4) is 0 Å². The predicted octanol–water partition coefficient (Wildman–Crippen LogP) is 0.0496. The van der Waals surface area contributed by atoms with Crippen molar-refractivity contribution in [2.75, 3.05) is 13.2 Å². The molecule has 0 aliphatic rings. The number of hydrogen-bond acceptors (Lipinski definition) is 3. The average molecular weight is 136 g/mol. The lowest BCUT2D eigenvalue weighted by Crippen LogP contribution is -2.04. The minimum absolute atomic E-state index is 0.0437. The van der Waals surface area contributed by atoms with Crippen molar-refractivity contribution in [2.24, 2.45) is 0 Å². The Balaban J connectivity index is 2.86. The van der Waals surface area contributed by atoms with Crippen LogP contribution < -0.4 is 0 Å². The highest BCUT2D eigenvalue weighted by molar-refractivity contribution is 7.81. The first-order valence-electron chi connectivity index (χ1n) is 2.71. The highest BCUT2D eigenvalue weighted by atomic mass is 32.1. The molecule has 2 nitrogen and oxygen atoms in total. The topological polar surface area (TPSA) is 40.5 Å². The molecule has 50 valence electrons. The monoisotopic (exact) mass is 136 g/mol. The van der Waals surface area contributed by atoms with Gasteiger partial charge in [0.05, 0.1) is 6.61 Å². The molecule has 1 unspecified atom stereocenters. The fourth-order valence-electron chi connectivity index (χ4n) is 0.418. The van der Waals surface area contributed by atoms with E-state index in [1.165, 1.54) is 0 Å². The number of rotatable bonds is 4. The Hall–Kier alpha value is 0.270. The van der Waals surface area contributed by atoms with E-state index in [9.17, 15) is 0 Å². The second-order valence-corrected chi connectivity index (χ2v) is 2.43. The molecule has 0 aromatic heterocycles. The summed E-state index contributed by atoms with van der Waals surface area (Å²) >= 11 is 4.00. The summed E-state index contributed by atoms with van der Waals surface area (Å²) in [5, 5.41) is 16.7. The Bertz CT molecular complexity index is 49.7. The van der Waals surface area contributed by atoms with Crippen LogP contribution in [-0.2, 0) is 0 Å². The molecule has 8 heavy (non-hydrogen) atoms. The van der Waals surface area contributed by atoms with Crippen LogP contribution in [0.5, 0.6) is 0 Å². The van der Waals surface area contributed by atoms with Crippen LogP contribution >= 0.6 is 12.6 Å². The molecule has 0 radical (unpaired) electrons. The molecular weight excluding hydrogens is 124 g/mol. The lowest BCUT2D eigenvalue weighted by atomic mass is 10.2. The molecule has 0 heterocycles. The SMILES string of the molecule is OCCCC(S)CO. The molecule has 0 fully saturated rings. The zero-order valence-electron chi connectivity index (χ0n) is 4.75. The Kier molecular flexibility index (Phi) is 5.59. The van der Waals surface area contributed by atoms with Crippen molar-refractivity contribution < 1.29 is 10.2 Å². The molecule has 0 bridgehead atoms. The smallest absolute Gasteiger partial charge is 0.0547 e. The van der Waals surface area contributed by atoms with E-state index in [0.717, 1.165) is 12.8 Å². The van der Waals surface area contributed by atoms with Gasteiger partial charge in [-0.05, 0) is 12.8 Å². The fraction of sp³-hybridized carbons (Fsp3) is 1.00. The predicted molar refractivity (Wildman–Crippen MR) is 36.2 cm³/mol. The molecule has 0 rings (SSSR count). The van der Waals surface area contributed by atoms with Crippen molar-refractivity contribution in [3.63, 3.8) is 0 Å². The Morgan fingerprint density at radius 3 is 2.38 bits per heavy atom. The van der Waals surface area contributed by atoms with Crippen LogP contribution in [0, 0.1) is 0 Å². The van der Waals surface area contributed by atoms with Crippen molar-refractivity contribution in [2.45, 2.75) is 18.1 Å². The van der Waals surface area contributed by atoms with Gasteiger partial charge in [0, 0.05) is 11.9 Å². The Morgan fingerprint density at radius 2 is 2.00 bits per heavy atom. The average Bonchev–Trinajstić information content (AvgIpc) is 1.83. The standard InChI is InChI=1S/C5H12O2S/c6-3-1-2-5(8)4-7/h5-8H,1-4H2. The van der Waals surface area contributed by atoms with Crippen molar-refractivity contribution >= 4 is 12.6 Å². The van der Waals surface area contributed by atoms with E-state index in [4.69, 9.17) is 10.2 Å². The van der Waals surface area contributed by atoms with Gasteiger partial charge in [-0.1, -0.05) is 0 Å². The summed E-state index contributed by atoms with van der Waals surface area (Å²) in [5.41, 5.74) is 0. The van der Waals surface area contributed by atoms with E-state index in [2.05, 4.69) is 12.6 Å². The van der Waals surface area contributed by atoms with Gasteiger partial charge in [0.25, 0.3) is 0 Å². The van der Waals surface area contributed by atoms with Gasteiger partial charge in [-0.15, -0.1) is 0 Å². The van der Waals surface area contributed by atoms with Gasteiger partial charge >= 0.3 is 0 Å². The van der Waals surface area contributed by atoms with Gasteiger partial charge in [-0.2, -0.15) is 12.6 Å². The van der Waals surface area contributed by atoms with Gasteiger partial charge in [0.15, 0.2) is 0 Å². The first-order valence-corrected chi connectivity index (χ1v) is 3.22. The van der Waals surface area contributed by atoms with E-state index >= 15 is 0 Å². The lowest BCUT2D eigenvalue weighted by molar-refractivity contribution is 0.261. The first kappa shape index (κ1) is 8.27. The molecule has 0 spiro atoms. The maximum absolute atomic E-state index is 8.40. The van der Waals surface area contributed by atoms with Crippen LogP contribution in [0.15, 0.2) is 0 Å². The fourth-order valence-corrected chi connectivity index (χ4v) is 0.601. The van der Waals surface area contributed by atoms with E-state index in [0.29, 0.717) is 0 Å². The number of hydrogen-bond donors (Lipinski definition) is 3. The Labute approximate surface area is 54.9 Å². The Morgan fingerprint density at radius 1 is 1.38 bits per heavy atom. The van der Waals surface area contributed by atoms with Gasteiger partial charge in [0.1, 0.15) is 0 Å². The number of aliphatic hydroxyl groups excluding tert-OH is 2. The molecule has 0 aromatic carbocycles. The molecule has 0 aliphatic carbocycles. The van der Waals surface area contributed by atoms with E-state index < -0.39 is 0 Å². The van der Waals surface area contributed by atoms with Gasteiger partial charge in [-0.25, -0.2) is 0 Å². The quantitative estimate of drug-likeness (QED) is 0.478. The largest absolute Gasteiger partial charge is 0.396 e. The van der Waals surface area contributed by atoms with Crippen molar-refractivity contribution in [1.29, 1.82) is 0 Å². The molecule has 2 N–H and O–H groups in total. The second kappa shape index (κ2) is 5.41. The third kappa shape index (κ3) is 4.43. The van der Waals surface area contributed by atoms with E-state index in [1.807, 2.05) is 0 Å². The molecule has 0 saturated heterocycles. The van der Waals surface area contributed by atoms with Crippen LogP contribution in [0.25, 0.3) is 0 Å². The summed E-state index contributed by atoms with van der Waals surface area (Å²) in [6, 6.07) is 0. The van der Waals surface area contributed by atoms with Crippen molar-refractivity contribution in [3.05, 3.63) is 0 Å². The van der Waals surface area contributed by atoms with Crippen LogP contribution in [0.1, 0.15) is 12.8 Å². The minimum Gasteiger partial charge on any atom is -0.396 e. The lowest BCUT2D eigenvalue weighted by Gasteiger charge is -2.02. The summed E-state index contributed by atoms with van der Waals surface area (Å²) in [6.07, 6.45) is 1.52. The molecule has 0 aromatic rings. The highest BCUT2D eigenvalue weighted by Crippen LogP contribution is 2.01. The van der Waals surface area contributed by atoms with Gasteiger partial charge in [-0.3, -0.25) is 0 Å². The summed E-state index contributed by atoms with van der Waals surface area (Å²) in [7, 11) is 0. The molecule has 0 aliphatic heterocycles. The maximum Gasteiger partial charge on any atom is 0.0547 e. The highest BCUT2D eigenvalue weighted by Gasteiger charge is 1.97. The molecule has 0 saturated carbocycles. The summed E-state index contributed by atoms with van der Waals surface area (Å²) in [5.74, 6) is 0. The molecule has 1 atom stereocenters. The second-order valence-electron chi connectivity index (χ2n) is 1.70. The summed E-state index contributed by atoms with van der Waals surface area (Å²) in [6.45, 7) is 0.292. The summed E-state index contributed by atoms with van der Waals surface area (Å²) < 4.78 is 0.